The minimum Gasteiger partial charge on any atom is -0.479 e. The molecule has 1 aliphatic heterocycles. The predicted molar refractivity (Wildman–Crippen MR) is 78.9 cm³/mol. The van der Waals surface area contributed by atoms with Crippen LogP contribution < -0.4 is 5.32 Å². The lowest BCUT2D eigenvalue weighted by molar-refractivity contribution is -0.147. The minimum absolute atomic E-state index is 0.0476. The molecule has 1 unspecified atom stereocenters. The summed E-state index contributed by atoms with van der Waals surface area (Å²) >= 11 is 5.04. The molecule has 2 heterocycles. The van der Waals surface area contributed by atoms with Crippen molar-refractivity contribution >= 4 is 39.1 Å². The van der Waals surface area contributed by atoms with Gasteiger partial charge in [0.2, 0.25) is 5.91 Å². The number of thiophene rings is 1. The van der Waals surface area contributed by atoms with E-state index in [2.05, 4.69) is 21.2 Å². The average Bonchev–Trinajstić information content (AvgIpc) is 2.99. The Morgan fingerprint density at radius 3 is 2.85 bits per heavy atom. The number of carboxylic acid groups (broad SMARTS) is 1. The standard InChI is InChI=1S/C13H16BrNO4S/c14-10-5-4-9(20-10)2-1-3-11(16)15-13(12(17)18)6-7-19-8-13/h4-5H,1-3,6-8H2,(H,15,16)(H,17,18). The maximum atomic E-state index is 11.9. The molecule has 20 heavy (non-hydrogen) atoms. The van der Waals surface area contributed by atoms with Gasteiger partial charge in [-0.3, -0.25) is 4.79 Å². The molecule has 2 rings (SSSR count). The van der Waals surface area contributed by atoms with Gasteiger partial charge in [-0.1, -0.05) is 0 Å². The number of aryl methyl sites for hydroxylation is 1. The molecule has 0 aliphatic carbocycles. The van der Waals surface area contributed by atoms with E-state index in [4.69, 9.17) is 4.74 Å². The Balaban J connectivity index is 1.78. The Hall–Kier alpha value is -0.920. The zero-order valence-electron chi connectivity index (χ0n) is 10.9. The normalized spacial score (nSPS) is 21.9. The van der Waals surface area contributed by atoms with Gasteiger partial charge in [-0.15, -0.1) is 11.3 Å². The van der Waals surface area contributed by atoms with Crippen LogP contribution >= 0.6 is 27.3 Å². The van der Waals surface area contributed by atoms with Gasteiger partial charge < -0.3 is 15.2 Å². The number of carbonyl (C=O) groups excluding carboxylic acids is 1. The van der Waals surface area contributed by atoms with Gasteiger partial charge in [0.25, 0.3) is 0 Å². The monoisotopic (exact) mass is 361 g/mol. The third-order valence-corrected chi connectivity index (χ3v) is 4.95. The molecule has 2 N–H and O–H groups in total. The highest BCUT2D eigenvalue weighted by Crippen LogP contribution is 2.23. The zero-order valence-corrected chi connectivity index (χ0v) is 13.3. The molecule has 1 saturated heterocycles. The van der Waals surface area contributed by atoms with Gasteiger partial charge in [0.1, 0.15) is 0 Å². The second-order valence-corrected chi connectivity index (χ2v) is 7.34. The molecule has 1 aromatic rings. The van der Waals surface area contributed by atoms with Gasteiger partial charge in [0, 0.05) is 24.3 Å². The molecular weight excluding hydrogens is 346 g/mol. The van der Waals surface area contributed by atoms with Crippen LogP contribution in [-0.2, 0) is 20.7 Å². The Labute approximate surface area is 129 Å². The second-order valence-electron chi connectivity index (χ2n) is 4.80. The largest absolute Gasteiger partial charge is 0.479 e. The highest BCUT2D eigenvalue weighted by molar-refractivity contribution is 9.11. The van der Waals surface area contributed by atoms with Gasteiger partial charge in [0.05, 0.1) is 10.4 Å². The van der Waals surface area contributed by atoms with E-state index in [1.807, 2.05) is 12.1 Å². The number of hydrogen-bond donors (Lipinski definition) is 2. The quantitative estimate of drug-likeness (QED) is 0.814. The van der Waals surface area contributed by atoms with Gasteiger partial charge in [-0.25, -0.2) is 4.79 Å². The fourth-order valence-electron chi connectivity index (χ4n) is 2.12. The van der Waals surface area contributed by atoms with E-state index in [1.54, 1.807) is 11.3 Å². The fraction of sp³-hybridized carbons (Fsp3) is 0.538. The lowest BCUT2D eigenvalue weighted by atomic mass is 9.98. The van der Waals surface area contributed by atoms with Crippen LogP contribution in [0.2, 0.25) is 0 Å². The number of amides is 1. The van der Waals surface area contributed by atoms with Crippen LogP contribution in [0.1, 0.15) is 24.1 Å². The first kappa shape index (κ1) is 15.5. The van der Waals surface area contributed by atoms with Crippen LogP contribution in [-0.4, -0.2) is 35.7 Å². The molecule has 110 valence electrons. The molecule has 7 heteroatoms. The molecule has 0 aromatic carbocycles. The number of hydrogen-bond acceptors (Lipinski definition) is 4. The van der Waals surface area contributed by atoms with E-state index in [1.165, 1.54) is 4.88 Å². The summed E-state index contributed by atoms with van der Waals surface area (Å²) in [6, 6.07) is 4.01. The Bertz CT molecular complexity index is 496. The number of nitrogens with one attached hydrogen (secondary N) is 1. The van der Waals surface area contributed by atoms with Crippen molar-refractivity contribution in [3.05, 3.63) is 20.8 Å². The molecule has 0 radical (unpaired) electrons. The van der Waals surface area contributed by atoms with E-state index in [9.17, 15) is 14.7 Å². The maximum Gasteiger partial charge on any atom is 0.331 e. The maximum absolute atomic E-state index is 11.9. The van der Waals surface area contributed by atoms with Gasteiger partial charge in [-0.2, -0.15) is 0 Å². The van der Waals surface area contributed by atoms with E-state index < -0.39 is 11.5 Å². The first-order chi connectivity index (χ1) is 9.52. The average molecular weight is 362 g/mol. The number of rotatable bonds is 6. The molecule has 0 spiro atoms. The highest BCUT2D eigenvalue weighted by Gasteiger charge is 2.43. The lowest BCUT2D eigenvalue weighted by Crippen LogP contribution is -2.55. The third kappa shape index (κ3) is 3.80. The summed E-state index contributed by atoms with van der Waals surface area (Å²) < 4.78 is 6.17. The van der Waals surface area contributed by atoms with Crippen molar-refractivity contribution in [3.8, 4) is 0 Å². The van der Waals surface area contributed by atoms with Crippen molar-refractivity contribution < 1.29 is 19.4 Å². The van der Waals surface area contributed by atoms with Crippen LogP contribution in [0.3, 0.4) is 0 Å². The van der Waals surface area contributed by atoms with Crippen molar-refractivity contribution in [3.63, 3.8) is 0 Å². The molecule has 1 aliphatic rings. The van der Waals surface area contributed by atoms with E-state index in [-0.39, 0.29) is 12.5 Å². The van der Waals surface area contributed by atoms with Crippen molar-refractivity contribution in [1.82, 2.24) is 5.32 Å². The molecule has 1 aromatic heterocycles. The Morgan fingerprint density at radius 1 is 1.50 bits per heavy atom. The van der Waals surface area contributed by atoms with Gasteiger partial charge >= 0.3 is 5.97 Å². The van der Waals surface area contributed by atoms with Crippen LogP contribution in [0, 0.1) is 0 Å². The van der Waals surface area contributed by atoms with Gasteiger partial charge in [0.15, 0.2) is 5.54 Å². The summed E-state index contributed by atoms with van der Waals surface area (Å²) in [5.41, 5.74) is -1.23. The van der Waals surface area contributed by atoms with E-state index in [0.29, 0.717) is 25.9 Å². The first-order valence-electron chi connectivity index (χ1n) is 6.38. The van der Waals surface area contributed by atoms with Crippen molar-refractivity contribution in [1.29, 1.82) is 0 Å². The summed E-state index contributed by atoms with van der Waals surface area (Å²) in [7, 11) is 0. The summed E-state index contributed by atoms with van der Waals surface area (Å²) in [4.78, 5) is 24.3. The number of ether oxygens (including phenoxy) is 1. The molecule has 1 atom stereocenters. The molecule has 0 bridgehead atoms. The topological polar surface area (TPSA) is 75.6 Å². The predicted octanol–water partition coefficient (Wildman–Crippen LogP) is 2.19. The zero-order chi connectivity index (χ0) is 14.6. The van der Waals surface area contributed by atoms with E-state index >= 15 is 0 Å². The number of carboxylic acids is 1. The van der Waals surface area contributed by atoms with Crippen LogP contribution in [0.5, 0.6) is 0 Å². The van der Waals surface area contributed by atoms with Crippen molar-refractivity contribution in [2.24, 2.45) is 0 Å². The highest BCUT2D eigenvalue weighted by atomic mass is 79.9. The lowest BCUT2D eigenvalue weighted by Gasteiger charge is -2.23. The first-order valence-corrected chi connectivity index (χ1v) is 7.99. The number of halogens is 1. The molecule has 5 nitrogen and oxygen atoms in total. The minimum atomic E-state index is -1.23. The second kappa shape index (κ2) is 6.69. The molecule has 1 amide bonds. The van der Waals surface area contributed by atoms with Crippen molar-refractivity contribution in [2.45, 2.75) is 31.2 Å². The molecular formula is C13H16BrNO4S. The SMILES string of the molecule is O=C(CCCc1ccc(Br)s1)NC1(C(=O)O)CCOC1. The number of carbonyl (C=O) groups is 2. The fourth-order valence-corrected chi connectivity index (χ4v) is 3.65. The smallest absolute Gasteiger partial charge is 0.331 e. The summed E-state index contributed by atoms with van der Waals surface area (Å²) in [6.45, 7) is 0.418. The Morgan fingerprint density at radius 2 is 2.30 bits per heavy atom. The summed E-state index contributed by atoms with van der Waals surface area (Å²) in [5, 5.41) is 11.8. The van der Waals surface area contributed by atoms with Crippen molar-refractivity contribution in [2.75, 3.05) is 13.2 Å². The molecule has 1 fully saturated rings. The summed E-state index contributed by atoms with van der Waals surface area (Å²) in [5.74, 6) is -1.25. The van der Waals surface area contributed by atoms with E-state index in [0.717, 1.165) is 10.2 Å². The number of aliphatic carboxylic acids is 1. The summed E-state index contributed by atoms with van der Waals surface area (Å²) in [6.07, 6.45) is 2.17. The van der Waals surface area contributed by atoms with Crippen LogP contribution in [0.4, 0.5) is 0 Å². The van der Waals surface area contributed by atoms with Gasteiger partial charge in [-0.05, 0) is 40.9 Å². The molecule has 0 saturated carbocycles. The van der Waals surface area contributed by atoms with Crippen LogP contribution in [0.25, 0.3) is 0 Å². The third-order valence-electron chi connectivity index (χ3n) is 3.27. The Kier molecular flexibility index (Phi) is 5.17. The van der Waals surface area contributed by atoms with Crippen LogP contribution in [0.15, 0.2) is 15.9 Å².